The van der Waals surface area contributed by atoms with Crippen molar-refractivity contribution in [3.63, 3.8) is 0 Å². The molecule has 118 valence electrons. The van der Waals surface area contributed by atoms with E-state index in [0.717, 1.165) is 4.47 Å². The van der Waals surface area contributed by atoms with E-state index >= 15 is 0 Å². The van der Waals surface area contributed by atoms with Crippen molar-refractivity contribution in [1.82, 2.24) is 4.98 Å². The molecule has 0 saturated carbocycles. The number of nitrogens with zero attached hydrogens (tertiary/aromatic N) is 1. The topological polar surface area (TPSA) is 51.6 Å². The number of aliphatic hydroxyl groups is 1. The molecule has 0 spiro atoms. The second kappa shape index (κ2) is 5.74. The minimum absolute atomic E-state index is 0.0869. The van der Waals surface area contributed by atoms with E-state index in [-0.39, 0.29) is 17.7 Å². The van der Waals surface area contributed by atoms with Crippen LogP contribution in [0.15, 0.2) is 22.8 Å². The second-order valence-corrected chi connectivity index (χ2v) is 12.8. The Hall–Kier alpha value is -0.273. The van der Waals surface area contributed by atoms with Crippen LogP contribution in [0.5, 0.6) is 0 Å². The third-order valence-corrected chi connectivity index (χ3v) is 9.49. The highest BCUT2D eigenvalue weighted by atomic mass is 79.9. The molecule has 2 atom stereocenters. The van der Waals surface area contributed by atoms with Crippen LogP contribution in [0, 0.1) is 0 Å². The van der Waals surface area contributed by atoms with E-state index in [1.165, 1.54) is 0 Å². The summed E-state index contributed by atoms with van der Waals surface area (Å²) in [5, 5.41) is 11.1. The van der Waals surface area contributed by atoms with Crippen molar-refractivity contribution >= 4 is 24.2 Å². The zero-order valence-electron chi connectivity index (χ0n) is 13.3. The number of aromatic nitrogens is 1. The van der Waals surface area contributed by atoms with E-state index < -0.39 is 13.9 Å². The monoisotopic (exact) mass is 373 g/mol. The summed E-state index contributed by atoms with van der Waals surface area (Å²) in [6.45, 7) is 11.5. The van der Waals surface area contributed by atoms with Gasteiger partial charge in [0.2, 0.25) is 0 Å². The average molecular weight is 374 g/mol. The minimum atomic E-state index is -1.98. The van der Waals surface area contributed by atoms with E-state index in [1.807, 2.05) is 12.1 Å². The number of pyridine rings is 1. The van der Waals surface area contributed by atoms with Gasteiger partial charge in [-0.05, 0) is 46.2 Å². The smallest absolute Gasteiger partial charge is 0.192 e. The lowest BCUT2D eigenvalue weighted by Crippen LogP contribution is -2.50. The molecular weight excluding hydrogens is 350 g/mol. The zero-order valence-corrected chi connectivity index (χ0v) is 15.9. The minimum Gasteiger partial charge on any atom is -0.408 e. The van der Waals surface area contributed by atoms with Crippen molar-refractivity contribution in [2.75, 3.05) is 13.2 Å². The fraction of sp³-hybridized carbons (Fsp3) is 0.667. The highest BCUT2D eigenvalue weighted by Gasteiger charge is 2.50. The number of rotatable bonds is 3. The van der Waals surface area contributed by atoms with Crippen LogP contribution in [0.3, 0.4) is 0 Å². The summed E-state index contributed by atoms with van der Waals surface area (Å²) in [5.74, 6) is 0. The molecule has 0 aliphatic carbocycles. The first kappa shape index (κ1) is 17.1. The third-order valence-electron chi connectivity index (χ3n) is 4.54. The standard InChI is InChI=1S/C15H24BrNO3Si/c1-14(2,3)21(4,5)20-13-9-19-10-15(13,18)12-7-6-11(16)8-17-12/h6-8,13,18H,9-10H2,1-5H3. The Bertz CT molecular complexity index is 501. The molecule has 1 fully saturated rings. The van der Waals surface area contributed by atoms with Crippen molar-refractivity contribution in [3.05, 3.63) is 28.5 Å². The van der Waals surface area contributed by atoms with Crippen LogP contribution in [0.2, 0.25) is 18.1 Å². The zero-order chi connectivity index (χ0) is 15.9. The molecule has 1 saturated heterocycles. The van der Waals surface area contributed by atoms with Crippen molar-refractivity contribution in [1.29, 1.82) is 0 Å². The first-order valence-corrected chi connectivity index (χ1v) is 10.9. The Kier molecular flexibility index (Phi) is 4.67. The van der Waals surface area contributed by atoms with Gasteiger partial charge in [-0.25, -0.2) is 0 Å². The van der Waals surface area contributed by atoms with Crippen LogP contribution in [0.1, 0.15) is 26.5 Å². The Morgan fingerprint density at radius 1 is 1.43 bits per heavy atom. The van der Waals surface area contributed by atoms with Gasteiger partial charge in [-0.15, -0.1) is 0 Å². The lowest BCUT2D eigenvalue weighted by atomic mass is 9.96. The van der Waals surface area contributed by atoms with Crippen LogP contribution in [-0.4, -0.2) is 37.7 Å². The maximum Gasteiger partial charge on any atom is 0.192 e. The molecule has 2 unspecified atom stereocenters. The lowest BCUT2D eigenvalue weighted by molar-refractivity contribution is -0.0451. The SMILES string of the molecule is CC(C)(C)[Si](C)(C)OC1COCC1(O)c1ccc(Br)cn1. The van der Waals surface area contributed by atoms with Crippen LogP contribution < -0.4 is 0 Å². The molecule has 0 aromatic carbocycles. The van der Waals surface area contributed by atoms with E-state index in [2.05, 4.69) is 54.8 Å². The number of hydrogen-bond acceptors (Lipinski definition) is 4. The molecule has 1 aliphatic heterocycles. The highest BCUT2D eigenvalue weighted by molar-refractivity contribution is 9.10. The lowest BCUT2D eigenvalue weighted by Gasteiger charge is -2.41. The largest absolute Gasteiger partial charge is 0.408 e. The predicted molar refractivity (Wildman–Crippen MR) is 88.7 cm³/mol. The molecular formula is C15H24BrNO3Si. The van der Waals surface area contributed by atoms with Gasteiger partial charge in [0.25, 0.3) is 0 Å². The van der Waals surface area contributed by atoms with Gasteiger partial charge in [0.15, 0.2) is 13.9 Å². The summed E-state index contributed by atoms with van der Waals surface area (Å²) in [6, 6.07) is 3.70. The molecule has 1 aromatic rings. The van der Waals surface area contributed by atoms with Gasteiger partial charge >= 0.3 is 0 Å². The van der Waals surface area contributed by atoms with Gasteiger partial charge in [0.05, 0.1) is 18.9 Å². The van der Waals surface area contributed by atoms with Crippen LogP contribution in [0.25, 0.3) is 0 Å². The van der Waals surface area contributed by atoms with Gasteiger partial charge in [0.1, 0.15) is 6.10 Å². The van der Waals surface area contributed by atoms with Crippen molar-refractivity contribution in [2.45, 2.75) is 50.6 Å². The summed E-state index contributed by atoms with van der Waals surface area (Å²) in [5.41, 5.74) is -0.567. The Morgan fingerprint density at radius 2 is 2.10 bits per heavy atom. The summed E-state index contributed by atoms with van der Waals surface area (Å²) >= 11 is 3.36. The van der Waals surface area contributed by atoms with E-state index in [9.17, 15) is 5.11 Å². The predicted octanol–water partition coefficient (Wildman–Crippen LogP) is 3.45. The van der Waals surface area contributed by atoms with Gasteiger partial charge in [-0.1, -0.05) is 20.8 Å². The molecule has 2 heterocycles. The second-order valence-electron chi connectivity index (χ2n) is 7.17. The summed E-state index contributed by atoms with van der Waals surface area (Å²) in [7, 11) is -1.98. The maximum atomic E-state index is 11.0. The maximum absolute atomic E-state index is 11.0. The molecule has 1 aromatic heterocycles. The molecule has 1 N–H and O–H groups in total. The molecule has 0 amide bonds. The third kappa shape index (κ3) is 3.40. The fourth-order valence-electron chi connectivity index (χ4n) is 2.09. The van der Waals surface area contributed by atoms with E-state index in [4.69, 9.17) is 9.16 Å². The van der Waals surface area contributed by atoms with Gasteiger partial charge in [-0.3, -0.25) is 4.98 Å². The Morgan fingerprint density at radius 3 is 2.62 bits per heavy atom. The number of ether oxygens (including phenoxy) is 1. The van der Waals surface area contributed by atoms with Crippen molar-refractivity contribution in [3.8, 4) is 0 Å². The average Bonchev–Trinajstić information content (AvgIpc) is 2.71. The molecule has 21 heavy (non-hydrogen) atoms. The quantitative estimate of drug-likeness (QED) is 0.824. The summed E-state index contributed by atoms with van der Waals surface area (Å²) in [4.78, 5) is 4.33. The summed E-state index contributed by atoms with van der Waals surface area (Å²) < 4.78 is 12.8. The van der Waals surface area contributed by atoms with Crippen LogP contribution in [-0.2, 0) is 14.8 Å². The number of halogens is 1. The van der Waals surface area contributed by atoms with Gasteiger partial charge in [0, 0.05) is 10.7 Å². The van der Waals surface area contributed by atoms with E-state index in [0.29, 0.717) is 12.3 Å². The van der Waals surface area contributed by atoms with Crippen molar-refractivity contribution in [2.24, 2.45) is 0 Å². The molecule has 6 heteroatoms. The first-order chi connectivity index (χ1) is 9.56. The van der Waals surface area contributed by atoms with Crippen LogP contribution >= 0.6 is 15.9 Å². The number of hydrogen-bond donors (Lipinski definition) is 1. The summed E-state index contributed by atoms with van der Waals surface area (Å²) in [6.07, 6.45) is 1.32. The van der Waals surface area contributed by atoms with Crippen molar-refractivity contribution < 1.29 is 14.3 Å². The first-order valence-electron chi connectivity index (χ1n) is 7.16. The molecule has 2 rings (SSSR count). The molecule has 1 aliphatic rings. The van der Waals surface area contributed by atoms with Gasteiger partial charge in [-0.2, -0.15) is 0 Å². The molecule has 0 bridgehead atoms. The van der Waals surface area contributed by atoms with Crippen LogP contribution in [0.4, 0.5) is 0 Å². The molecule has 4 nitrogen and oxygen atoms in total. The normalized spacial score (nSPS) is 27.1. The highest BCUT2D eigenvalue weighted by Crippen LogP contribution is 2.41. The Labute approximate surface area is 136 Å². The Balaban J connectivity index is 2.26. The van der Waals surface area contributed by atoms with E-state index in [1.54, 1.807) is 6.20 Å². The fourth-order valence-corrected chi connectivity index (χ4v) is 3.65. The van der Waals surface area contributed by atoms with Gasteiger partial charge < -0.3 is 14.3 Å². The molecule has 0 radical (unpaired) electrons.